The van der Waals surface area contributed by atoms with Crippen LogP contribution in [-0.4, -0.2) is 41.6 Å². The molecule has 0 spiro atoms. The molecule has 2 N–H and O–H groups in total. The molecule has 1 fully saturated rings. The van der Waals surface area contributed by atoms with Crippen LogP contribution in [0.1, 0.15) is 36.5 Å². The van der Waals surface area contributed by atoms with Crippen LogP contribution in [0.4, 0.5) is 0 Å². The molecular formula is C16H23N3OS. The number of carbonyl (C=O) groups excluding carboxylic acids is 1. The van der Waals surface area contributed by atoms with Gasteiger partial charge in [-0.25, -0.2) is 0 Å². The van der Waals surface area contributed by atoms with Gasteiger partial charge in [-0.1, -0.05) is 25.1 Å². The van der Waals surface area contributed by atoms with E-state index in [1.54, 1.807) is 0 Å². The highest BCUT2D eigenvalue weighted by molar-refractivity contribution is 7.80. The summed E-state index contributed by atoms with van der Waals surface area (Å²) in [6, 6.07) is 9.61. The third-order valence-electron chi connectivity index (χ3n) is 3.68. The highest BCUT2D eigenvalue weighted by Gasteiger charge is 2.22. The summed E-state index contributed by atoms with van der Waals surface area (Å²) < 4.78 is 0. The Bertz CT molecular complexity index is 470. The summed E-state index contributed by atoms with van der Waals surface area (Å²) >= 11 is 5.37. The van der Waals surface area contributed by atoms with Crippen molar-refractivity contribution < 1.29 is 4.79 Å². The van der Waals surface area contributed by atoms with Crippen LogP contribution in [0.25, 0.3) is 0 Å². The normalized spacial score (nSPS) is 15.6. The summed E-state index contributed by atoms with van der Waals surface area (Å²) in [5, 5.41) is 7.20. The van der Waals surface area contributed by atoms with Gasteiger partial charge in [0.05, 0.1) is 0 Å². The molecular weight excluding hydrogens is 282 g/mol. The molecule has 0 unspecified atom stereocenters. The Kier molecular flexibility index (Phi) is 5.99. The van der Waals surface area contributed by atoms with Crippen molar-refractivity contribution in [3.63, 3.8) is 0 Å². The highest BCUT2D eigenvalue weighted by Crippen LogP contribution is 2.11. The summed E-state index contributed by atoms with van der Waals surface area (Å²) in [4.78, 5) is 14.3. The first-order valence-electron chi connectivity index (χ1n) is 7.59. The third kappa shape index (κ3) is 4.70. The number of piperidine rings is 1. The standard InChI is InChI=1S/C16H23N3OS/c1-2-10-17-16(21)19-11-8-14(9-12-19)18-15(20)13-6-4-3-5-7-13/h3-7,14H,2,8-12H2,1H3,(H,17,21)(H,18,20). The molecule has 0 saturated carbocycles. The average Bonchev–Trinajstić information content (AvgIpc) is 2.54. The topological polar surface area (TPSA) is 44.4 Å². The number of thiocarbonyl (C=S) groups is 1. The molecule has 1 aliphatic heterocycles. The number of benzene rings is 1. The molecule has 5 heteroatoms. The Labute approximate surface area is 131 Å². The van der Waals surface area contributed by atoms with Crippen LogP contribution in [0.2, 0.25) is 0 Å². The molecule has 21 heavy (non-hydrogen) atoms. The lowest BCUT2D eigenvalue weighted by molar-refractivity contribution is 0.0922. The predicted molar refractivity (Wildman–Crippen MR) is 89.4 cm³/mol. The van der Waals surface area contributed by atoms with Gasteiger partial charge in [-0.2, -0.15) is 0 Å². The van der Waals surface area contributed by atoms with Crippen LogP contribution in [0.5, 0.6) is 0 Å². The van der Waals surface area contributed by atoms with Gasteiger partial charge in [-0.3, -0.25) is 4.79 Å². The second-order valence-electron chi connectivity index (χ2n) is 5.33. The number of likely N-dealkylation sites (tertiary alicyclic amines) is 1. The summed E-state index contributed by atoms with van der Waals surface area (Å²) in [5.41, 5.74) is 0.722. The van der Waals surface area contributed by atoms with Crippen LogP contribution >= 0.6 is 12.2 Å². The van der Waals surface area contributed by atoms with Crippen molar-refractivity contribution in [3.05, 3.63) is 35.9 Å². The zero-order valence-corrected chi connectivity index (χ0v) is 13.3. The van der Waals surface area contributed by atoms with Crippen molar-refractivity contribution in [2.24, 2.45) is 0 Å². The van der Waals surface area contributed by atoms with Crippen molar-refractivity contribution in [3.8, 4) is 0 Å². The molecule has 1 aromatic carbocycles. The Balaban J connectivity index is 1.77. The van der Waals surface area contributed by atoms with Gasteiger partial charge in [0.1, 0.15) is 0 Å². The molecule has 0 aliphatic carbocycles. The second-order valence-corrected chi connectivity index (χ2v) is 5.72. The van der Waals surface area contributed by atoms with E-state index in [9.17, 15) is 4.79 Å². The quantitative estimate of drug-likeness (QED) is 0.837. The van der Waals surface area contributed by atoms with Crippen molar-refractivity contribution in [2.75, 3.05) is 19.6 Å². The SMILES string of the molecule is CCCNC(=S)N1CCC(NC(=O)c2ccccc2)CC1. The van der Waals surface area contributed by atoms with E-state index in [1.165, 1.54) is 0 Å². The summed E-state index contributed by atoms with van der Waals surface area (Å²) in [7, 11) is 0. The minimum absolute atomic E-state index is 0.0146. The van der Waals surface area contributed by atoms with Gasteiger partial charge in [0.25, 0.3) is 5.91 Å². The zero-order chi connectivity index (χ0) is 15.1. The molecule has 0 bridgehead atoms. The van der Waals surface area contributed by atoms with E-state index in [0.29, 0.717) is 0 Å². The Hall–Kier alpha value is -1.62. The Morgan fingerprint density at radius 1 is 1.29 bits per heavy atom. The molecule has 1 heterocycles. The molecule has 114 valence electrons. The number of amides is 1. The van der Waals surface area contributed by atoms with Gasteiger partial charge >= 0.3 is 0 Å². The molecule has 1 saturated heterocycles. The van der Waals surface area contributed by atoms with E-state index in [2.05, 4.69) is 22.5 Å². The lowest BCUT2D eigenvalue weighted by Gasteiger charge is -2.34. The molecule has 2 rings (SSSR count). The fraction of sp³-hybridized carbons (Fsp3) is 0.500. The summed E-state index contributed by atoms with van der Waals surface area (Å²) in [5.74, 6) is 0.0146. The number of carbonyl (C=O) groups is 1. The van der Waals surface area contributed by atoms with Crippen LogP contribution in [0.3, 0.4) is 0 Å². The first kappa shape index (κ1) is 15.8. The maximum Gasteiger partial charge on any atom is 0.251 e. The summed E-state index contributed by atoms with van der Waals surface area (Å²) in [6.45, 7) is 4.84. The molecule has 1 aliphatic rings. The smallest absolute Gasteiger partial charge is 0.251 e. The van der Waals surface area contributed by atoms with Crippen LogP contribution in [0, 0.1) is 0 Å². The van der Waals surface area contributed by atoms with Gasteiger partial charge in [-0.15, -0.1) is 0 Å². The summed E-state index contributed by atoms with van der Waals surface area (Å²) in [6.07, 6.45) is 2.95. The predicted octanol–water partition coefficient (Wildman–Crippen LogP) is 2.17. The van der Waals surface area contributed by atoms with Gasteiger partial charge in [0.2, 0.25) is 0 Å². The maximum atomic E-state index is 12.1. The first-order valence-corrected chi connectivity index (χ1v) is 8.00. The van der Waals surface area contributed by atoms with Crippen molar-refractivity contribution >= 4 is 23.2 Å². The van der Waals surface area contributed by atoms with E-state index in [1.807, 2.05) is 30.3 Å². The zero-order valence-electron chi connectivity index (χ0n) is 12.5. The number of hydrogen-bond acceptors (Lipinski definition) is 2. The maximum absolute atomic E-state index is 12.1. The molecule has 0 aromatic heterocycles. The number of hydrogen-bond donors (Lipinski definition) is 2. The van der Waals surface area contributed by atoms with Crippen molar-refractivity contribution in [2.45, 2.75) is 32.2 Å². The first-order chi connectivity index (χ1) is 10.2. The van der Waals surface area contributed by atoms with Crippen LogP contribution in [-0.2, 0) is 0 Å². The largest absolute Gasteiger partial charge is 0.363 e. The highest BCUT2D eigenvalue weighted by atomic mass is 32.1. The number of rotatable bonds is 4. The van der Waals surface area contributed by atoms with E-state index < -0.39 is 0 Å². The van der Waals surface area contributed by atoms with Gasteiger partial charge in [0.15, 0.2) is 5.11 Å². The number of nitrogens with one attached hydrogen (secondary N) is 2. The third-order valence-corrected chi connectivity index (χ3v) is 4.08. The lowest BCUT2D eigenvalue weighted by atomic mass is 10.0. The van der Waals surface area contributed by atoms with Gasteiger partial charge in [-0.05, 0) is 43.6 Å². The average molecular weight is 305 g/mol. The van der Waals surface area contributed by atoms with E-state index in [-0.39, 0.29) is 11.9 Å². The second kappa shape index (κ2) is 7.98. The van der Waals surface area contributed by atoms with E-state index in [0.717, 1.165) is 49.6 Å². The lowest BCUT2D eigenvalue weighted by Crippen LogP contribution is -2.49. The Morgan fingerprint density at radius 2 is 1.95 bits per heavy atom. The molecule has 1 aromatic rings. The van der Waals surface area contributed by atoms with Crippen molar-refractivity contribution in [1.82, 2.24) is 15.5 Å². The molecule has 0 radical (unpaired) electrons. The monoisotopic (exact) mass is 305 g/mol. The molecule has 1 amide bonds. The fourth-order valence-electron chi connectivity index (χ4n) is 2.43. The van der Waals surface area contributed by atoms with Gasteiger partial charge < -0.3 is 15.5 Å². The Morgan fingerprint density at radius 3 is 2.57 bits per heavy atom. The van der Waals surface area contributed by atoms with Crippen LogP contribution < -0.4 is 10.6 Å². The van der Waals surface area contributed by atoms with E-state index >= 15 is 0 Å². The fourth-order valence-corrected chi connectivity index (χ4v) is 2.71. The molecule has 0 atom stereocenters. The van der Waals surface area contributed by atoms with Crippen molar-refractivity contribution in [1.29, 1.82) is 0 Å². The number of nitrogens with zero attached hydrogens (tertiary/aromatic N) is 1. The minimum Gasteiger partial charge on any atom is -0.363 e. The van der Waals surface area contributed by atoms with E-state index in [4.69, 9.17) is 12.2 Å². The van der Waals surface area contributed by atoms with Gasteiger partial charge in [0, 0.05) is 31.2 Å². The molecule has 4 nitrogen and oxygen atoms in total. The van der Waals surface area contributed by atoms with Crippen LogP contribution in [0.15, 0.2) is 30.3 Å². The minimum atomic E-state index is 0.0146.